The normalized spacial score (nSPS) is 27.0. The van der Waals surface area contributed by atoms with Gasteiger partial charge in [0.2, 0.25) is 5.92 Å². The molecule has 1 rings (SSSR count). The fourth-order valence-corrected chi connectivity index (χ4v) is 1.47. The van der Waals surface area contributed by atoms with Crippen LogP contribution in [0.4, 0.5) is 8.78 Å². The van der Waals surface area contributed by atoms with Crippen LogP contribution >= 0.6 is 24.0 Å². The Morgan fingerprint density at radius 2 is 2.23 bits per heavy atom. The third-order valence-electron chi connectivity index (χ3n) is 2.10. The molecule has 1 saturated carbocycles. The van der Waals surface area contributed by atoms with Crippen LogP contribution in [0.25, 0.3) is 0 Å². The van der Waals surface area contributed by atoms with Crippen molar-refractivity contribution in [2.75, 3.05) is 6.54 Å². The molecule has 2 nitrogen and oxygen atoms in total. The van der Waals surface area contributed by atoms with Crippen LogP contribution in [0.3, 0.4) is 0 Å². The van der Waals surface area contributed by atoms with Crippen LogP contribution in [0.1, 0.15) is 26.2 Å². The topological polar surface area (TPSA) is 38.4 Å². The second-order valence-electron chi connectivity index (χ2n) is 3.45. The van der Waals surface area contributed by atoms with Crippen molar-refractivity contribution in [1.29, 1.82) is 0 Å². The van der Waals surface area contributed by atoms with Crippen molar-refractivity contribution in [1.82, 2.24) is 0 Å². The lowest BCUT2D eigenvalue weighted by atomic mass is 10.1. The van der Waals surface area contributed by atoms with E-state index < -0.39 is 5.92 Å². The Morgan fingerprint density at radius 1 is 1.62 bits per heavy atom. The number of hydrogen-bond acceptors (Lipinski definition) is 1. The van der Waals surface area contributed by atoms with Gasteiger partial charge >= 0.3 is 0 Å². The fraction of sp³-hybridized carbons (Fsp3) is 0.875. The first-order valence-electron chi connectivity index (χ1n) is 4.14. The molecule has 0 aliphatic heterocycles. The van der Waals surface area contributed by atoms with Gasteiger partial charge in [0.25, 0.3) is 0 Å². The third-order valence-corrected chi connectivity index (χ3v) is 2.10. The maximum absolute atomic E-state index is 12.6. The van der Waals surface area contributed by atoms with Crippen molar-refractivity contribution in [3.05, 3.63) is 0 Å². The average molecular weight is 304 g/mol. The Bertz CT molecular complexity index is 191. The van der Waals surface area contributed by atoms with Gasteiger partial charge < -0.3 is 5.73 Å². The van der Waals surface area contributed by atoms with Crippen molar-refractivity contribution >= 4 is 29.8 Å². The zero-order valence-corrected chi connectivity index (χ0v) is 9.92. The number of nitrogens with two attached hydrogens (primary N) is 1. The minimum Gasteiger partial charge on any atom is -0.388 e. The number of amidine groups is 1. The van der Waals surface area contributed by atoms with E-state index in [0.29, 0.717) is 18.8 Å². The zero-order valence-electron chi connectivity index (χ0n) is 7.59. The Morgan fingerprint density at radius 3 is 2.62 bits per heavy atom. The lowest BCUT2D eigenvalue weighted by molar-refractivity contribution is 0.00542. The largest absolute Gasteiger partial charge is 0.388 e. The van der Waals surface area contributed by atoms with Crippen LogP contribution in [-0.2, 0) is 0 Å². The van der Waals surface area contributed by atoms with Crippen LogP contribution in [0, 0.1) is 5.92 Å². The minimum atomic E-state index is -2.46. The van der Waals surface area contributed by atoms with Crippen molar-refractivity contribution in [2.24, 2.45) is 16.6 Å². The molecule has 0 bridgehead atoms. The highest BCUT2D eigenvalue weighted by Gasteiger charge is 2.38. The summed E-state index contributed by atoms with van der Waals surface area (Å²) in [6.45, 7) is 2.13. The maximum Gasteiger partial charge on any atom is 0.248 e. The molecule has 13 heavy (non-hydrogen) atoms. The first-order chi connectivity index (χ1) is 5.49. The number of halogens is 3. The highest BCUT2D eigenvalue weighted by molar-refractivity contribution is 14.0. The van der Waals surface area contributed by atoms with E-state index in [0.717, 1.165) is 0 Å². The fourth-order valence-electron chi connectivity index (χ4n) is 1.47. The van der Waals surface area contributed by atoms with E-state index in [1.807, 2.05) is 0 Å². The van der Waals surface area contributed by atoms with Gasteiger partial charge in [0.15, 0.2) is 0 Å². The van der Waals surface area contributed by atoms with Gasteiger partial charge in [-0.1, -0.05) is 0 Å². The quantitative estimate of drug-likeness (QED) is 0.475. The smallest absolute Gasteiger partial charge is 0.248 e. The van der Waals surface area contributed by atoms with Gasteiger partial charge in [-0.2, -0.15) is 0 Å². The van der Waals surface area contributed by atoms with E-state index in [1.165, 1.54) is 0 Å². The molecule has 5 heteroatoms. The van der Waals surface area contributed by atoms with Crippen LogP contribution in [0.5, 0.6) is 0 Å². The zero-order chi connectivity index (χ0) is 9.19. The second-order valence-corrected chi connectivity index (χ2v) is 3.45. The number of aliphatic imine (C=N–C) groups is 1. The monoisotopic (exact) mass is 304 g/mol. The van der Waals surface area contributed by atoms with E-state index in [-0.39, 0.29) is 42.7 Å². The predicted octanol–water partition coefficient (Wildman–Crippen LogP) is 2.42. The molecular weight excluding hydrogens is 289 g/mol. The van der Waals surface area contributed by atoms with E-state index in [2.05, 4.69) is 4.99 Å². The molecule has 1 fully saturated rings. The molecule has 0 heterocycles. The molecular formula is C8H15F2IN2. The van der Waals surface area contributed by atoms with Gasteiger partial charge in [-0.3, -0.25) is 4.99 Å². The molecule has 0 radical (unpaired) electrons. The summed E-state index contributed by atoms with van der Waals surface area (Å²) in [4.78, 5) is 3.93. The molecule has 0 aromatic carbocycles. The summed E-state index contributed by atoms with van der Waals surface area (Å²) >= 11 is 0. The Balaban J connectivity index is 0.00000144. The van der Waals surface area contributed by atoms with Crippen LogP contribution in [0.15, 0.2) is 4.99 Å². The van der Waals surface area contributed by atoms with Gasteiger partial charge in [0, 0.05) is 19.4 Å². The van der Waals surface area contributed by atoms with Crippen molar-refractivity contribution < 1.29 is 8.78 Å². The lowest BCUT2D eigenvalue weighted by Crippen LogP contribution is -2.12. The summed E-state index contributed by atoms with van der Waals surface area (Å²) in [5.41, 5.74) is 5.30. The Kier molecular flexibility index (Phi) is 5.09. The standard InChI is InChI=1S/C8H14F2N2.HI/c1-6(11)12-5-7-2-3-8(9,10)4-7;/h7H,2-5H2,1H3,(H2,11,12);1H. The SMILES string of the molecule is CC(N)=NCC1CCC(F)(F)C1.I. The summed E-state index contributed by atoms with van der Waals surface area (Å²) in [5.74, 6) is -1.95. The molecule has 2 N–H and O–H groups in total. The molecule has 0 amide bonds. The highest BCUT2D eigenvalue weighted by Crippen LogP contribution is 2.38. The Hall–Kier alpha value is 0.0600. The van der Waals surface area contributed by atoms with Gasteiger partial charge in [-0.15, -0.1) is 24.0 Å². The van der Waals surface area contributed by atoms with E-state index in [1.54, 1.807) is 6.92 Å². The van der Waals surface area contributed by atoms with E-state index in [9.17, 15) is 8.78 Å². The van der Waals surface area contributed by atoms with Gasteiger partial charge in [-0.25, -0.2) is 8.78 Å². The number of alkyl halides is 2. The van der Waals surface area contributed by atoms with E-state index >= 15 is 0 Å². The van der Waals surface area contributed by atoms with Gasteiger partial charge in [0.05, 0.1) is 5.84 Å². The highest BCUT2D eigenvalue weighted by atomic mass is 127. The summed E-state index contributed by atoms with van der Waals surface area (Å²) in [5, 5.41) is 0. The minimum absolute atomic E-state index is 0. The van der Waals surface area contributed by atoms with Crippen molar-refractivity contribution in [3.63, 3.8) is 0 Å². The summed E-state index contributed by atoms with van der Waals surface area (Å²) in [7, 11) is 0. The summed E-state index contributed by atoms with van der Waals surface area (Å²) in [6, 6.07) is 0. The van der Waals surface area contributed by atoms with Crippen molar-refractivity contribution in [3.8, 4) is 0 Å². The second kappa shape index (κ2) is 5.07. The molecule has 0 aromatic rings. The first kappa shape index (κ1) is 13.1. The van der Waals surface area contributed by atoms with Crippen LogP contribution < -0.4 is 5.73 Å². The third kappa shape index (κ3) is 4.73. The number of rotatable bonds is 2. The molecule has 0 spiro atoms. The number of hydrogen-bond donors (Lipinski definition) is 1. The maximum atomic E-state index is 12.6. The number of nitrogens with zero attached hydrogens (tertiary/aromatic N) is 1. The molecule has 0 aromatic heterocycles. The van der Waals surface area contributed by atoms with Crippen LogP contribution in [0.2, 0.25) is 0 Å². The van der Waals surface area contributed by atoms with Gasteiger partial charge in [-0.05, 0) is 19.3 Å². The van der Waals surface area contributed by atoms with Crippen molar-refractivity contribution in [2.45, 2.75) is 32.1 Å². The Labute approximate surface area is 94.0 Å². The van der Waals surface area contributed by atoms with Gasteiger partial charge in [0.1, 0.15) is 0 Å². The molecule has 1 unspecified atom stereocenters. The first-order valence-corrected chi connectivity index (χ1v) is 4.14. The predicted molar refractivity (Wildman–Crippen MR) is 59.9 cm³/mol. The lowest BCUT2D eigenvalue weighted by Gasteiger charge is -2.07. The molecule has 1 aliphatic carbocycles. The molecule has 1 atom stereocenters. The van der Waals surface area contributed by atoms with Crippen LogP contribution in [-0.4, -0.2) is 18.3 Å². The molecule has 1 aliphatic rings. The molecule has 0 saturated heterocycles. The molecule has 78 valence electrons. The average Bonchev–Trinajstić information content (AvgIpc) is 2.26. The van der Waals surface area contributed by atoms with E-state index in [4.69, 9.17) is 5.73 Å². The summed E-state index contributed by atoms with van der Waals surface area (Å²) in [6.07, 6.45) is 0.560. The summed E-state index contributed by atoms with van der Waals surface area (Å²) < 4.78 is 25.3.